The Morgan fingerprint density at radius 2 is 1.87 bits per heavy atom. The van der Waals surface area contributed by atoms with Gasteiger partial charge in [0.15, 0.2) is 0 Å². The summed E-state index contributed by atoms with van der Waals surface area (Å²) in [7, 11) is -5.19. The zero-order chi connectivity index (χ0) is 11.9. The summed E-state index contributed by atoms with van der Waals surface area (Å²) in [4.78, 5) is 0. The molecule has 0 saturated carbocycles. The Bertz CT molecular complexity index is 328. The van der Waals surface area contributed by atoms with Gasteiger partial charge in [0.2, 0.25) is 0 Å². The molecule has 1 aliphatic rings. The molecule has 4 nitrogen and oxygen atoms in total. The van der Waals surface area contributed by atoms with Crippen LogP contribution in [0.4, 0.5) is 13.2 Å². The molecule has 1 heterocycles. The van der Waals surface area contributed by atoms with Crippen molar-refractivity contribution in [3.05, 3.63) is 0 Å². The van der Waals surface area contributed by atoms with Crippen molar-refractivity contribution >= 4 is 10.0 Å². The van der Waals surface area contributed by atoms with E-state index in [1.807, 2.05) is 0 Å². The normalized spacial score (nSPS) is 30.5. The molecule has 1 fully saturated rings. The number of hydrogen-bond acceptors (Lipinski definition) is 3. The first-order chi connectivity index (χ1) is 6.66. The van der Waals surface area contributed by atoms with Crippen LogP contribution in [0.3, 0.4) is 0 Å². The van der Waals surface area contributed by atoms with E-state index in [0.717, 1.165) is 0 Å². The lowest BCUT2D eigenvalue weighted by atomic mass is 10.2. The number of halogens is 3. The third-order valence-corrected chi connectivity index (χ3v) is 4.02. The van der Waals surface area contributed by atoms with Gasteiger partial charge >= 0.3 is 15.5 Å². The van der Waals surface area contributed by atoms with Crippen LogP contribution in [0.1, 0.15) is 13.8 Å². The highest BCUT2D eigenvalue weighted by Gasteiger charge is 2.52. The minimum Gasteiger partial charge on any atom is -0.311 e. The Hall–Kier alpha value is -0.340. The predicted molar refractivity (Wildman–Crippen MR) is 48.6 cm³/mol. The van der Waals surface area contributed by atoms with Gasteiger partial charge in [-0.05, 0) is 13.8 Å². The van der Waals surface area contributed by atoms with Crippen molar-refractivity contribution in [2.75, 3.05) is 13.1 Å². The molecule has 15 heavy (non-hydrogen) atoms. The van der Waals surface area contributed by atoms with Crippen molar-refractivity contribution in [3.8, 4) is 0 Å². The van der Waals surface area contributed by atoms with Gasteiger partial charge < -0.3 is 5.32 Å². The third-order valence-electron chi connectivity index (χ3n) is 2.31. The highest BCUT2D eigenvalue weighted by atomic mass is 32.2. The fourth-order valence-electron chi connectivity index (χ4n) is 1.46. The fourth-order valence-corrected chi connectivity index (χ4v) is 2.69. The maximum Gasteiger partial charge on any atom is 0.511 e. The second kappa shape index (κ2) is 3.91. The molecule has 2 atom stereocenters. The molecule has 2 unspecified atom stereocenters. The quantitative estimate of drug-likeness (QED) is 0.733. The lowest BCUT2D eigenvalue weighted by molar-refractivity contribution is -0.0507. The van der Waals surface area contributed by atoms with Crippen LogP contribution in [0.5, 0.6) is 0 Å². The average molecular weight is 246 g/mol. The van der Waals surface area contributed by atoms with Crippen LogP contribution in [0.2, 0.25) is 0 Å². The summed E-state index contributed by atoms with van der Waals surface area (Å²) in [6, 6.07) is -0.939. The van der Waals surface area contributed by atoms with Crippen molar-refractivity contribution in [1.82, 2.24) is 9.62 Å². The van der Waals surface area contributed by atoms with E-state index >= 15 is 0 Å². The summed E-state index contributed by atoms with van der Waals surface area (Å²) < 4.78 is 59.6. The zero-order valence-electron chi connectivity index (χ0n) is 8.37. The van der Waals surface area contributed by atoms with Crippen molar-refractivity contribution in [2.24, 2.45) is 0 Å². The summed E-state index contributed by atoms with van der Waals surface area (Å²) >= 11 is 0. The molecule has 0 amide bonds. The molecule has 0 aromatic rings. The Morgan fingerprint density at radius 1 is 1.33 bits per heavy atom. The molecular weight excluding hydrogens is 233 g/mol. The maximum atomic E-state index is 12.3. The third kappa shape index (κ3) is 2.43. The SMILES string of the molecule is CC1CN(S(=O)(=O)C(F)(F)F)C(C)CN1. The number of nitrogens with one attached hydrogen (secondary N) is 1. The first-order valence-electron chi connectivity index (χ1n) is 4.47. The van der Waals surface area contributed by atoms with Crippen LogP contribution in [0, 0.1) is 0 Å². The molecule has 0 spiro atoms. The minimum atomic E-state index is -5.21. The van der Waals surface area contributed by atoms with Crippen molar-refractivity contribution in [1.29, 1.82) is 0 Å². The van der Waals surface area contributed by atoms with E-state index in [2.05, 4.69) is 5.32 Å². The smallest absolute Gasteiger partial charge is 0.311 e. The molecule has 0 aliphatic carbocycles. The molecule has 0 radical (unpaired) electrons. The summed E-state index contributed by atoms with van der Waals surface area (Å²) in [6.45, 7) is 3.17. The molecule has 1 N–H and O–H groups in total. The Balaban J connectivity index is 2.96. The van der Waals surface area contributed by atoms with Gasteiger partial charge in [-0.2, -0.15) is 17.5 Å². The number of nitrogens with zero attached hydrogens (tertiary/aromatic N) is 1. The first-order valence-corrected chi connectivity index (χ1v) is 5.91. The lowest BCUT2D eigenvalue weighted by Crippen LogP contribution is -2.58. The molecular formula is C7H13F3N2O2S. The van der Waals surface area contributed by atoms with Gasteiger partial charge in [0.1, 0.15) is 0 Å². The van der Waals surface area contributed by atoms with Gasteiger partial charge in [-0.1, -0.05) is 0 Å². The second-order valence-corrected chi connectivity index (χ2v) is 5.56. The highest BCUT2D eigenvalue weighted by molar-refractivity contribution is 7.90. The predicted octanol–water partition coefficient (Wildman–Crippen LogP) is 0.518. The molecule has 90 valence electrons. The Kier molecular flexibility index (Phi) is 3.32. The van der Waals surface area contributed by atoms with Gasteiger partial charge in [-0.15, -0.1) is 0 Å². The summed E-state index contributed by atoms with van der Waals surface area (Å²) in [6.07, 6.45) is 0. The van der Waals surface area contributed by atoms with Crippen LogP contribution in [-0.4, -0.2) is 43.4 Å². The lowest BCUT2D eigenvalue weighted by Gasteiger charge is -2.36. The summed E-state index contributed by atoms with van der Waals surface area (Å²) in [5.74, 6) is 0. The number of piperazine rings is 1. The van der Waals surface area contributed by atoms with E-state index in [1.54, 1.807) is 6.92 Å². The van der Waals surface area contributed by atoms with Gasteiger partial charge in [-0.3, -0.25) is 0 Å². The van der Waals surface area contributed by atoms with Crippen molar-refractivity contribution < 1.29 is 21.6 Å². The number of sulfonamides is 1. The molecule has 1 rings (SSSR count). The molecule has 0 aromatic heterocycles. The van der Waals surface area contributed by atoms with E-state index < -0.39 is 21.6 Å². The van der Waals surface area contributed by atoms with Gasteiger partial charge in [0.05, 0.1) is 0 Å². The van der Waals surface area contributed by atoms with Gasteiger partial charge in [0, 0.05) is 25.2 Å². The average Bonchev–Trinajstić information content (AvgIpc) is 2.07. The van der Waals surface area contributed by atoms with E-state index in [1.165, 1.54) is 6.92 Å². The summed E-state index contributed by atoms with van der Waals surface area (Å²) in [5, 5.41) is 2.91. The summed E-state index contributed by atoms with van der Waals surface area (Å²) in [5.41, 5.74) is -5.21. The van der Waals surface area contributed by atoms with Crippen LogP contribution < -0.4 is 5.32 Å². The van der Waals surface area contributed by atoms with Gasteiger partial charge in [-0.25, -0.2) is 8.42 Å². The number of rotatable bonds is 1. The molecule has 1 aliphatic heterocycles. The fraction of sp³-hybridized carbons (Fsp3) is 1.00. The first kappa shape index (κ1) is 12.7. The van der Waals surface area contributed by atoms with Crippen LogP contribution in [-0.2, 0) is 10.0 Å². The number of hydrogen-bond donors (Lipinski definition) is 1. The maximum absolute atomic E-state index is 12.3. The monoisotopic (exact) mass is 246 g/mol. The molecule has 8 heteroatoms. The van der Waals surface area contributed by atoms with E-state index in [4.69, 9.17) is 0 Å². The molecule has 0 aromatic carbocycles. The topological polar surface area (TPSA) is 49.4 Å². The van der Waals surface area contributed by atoms with E-state index in [-0.39, 0.29) is 19.1 Å². The standard InChI is InChI=1S/C7H13F3N2O2S/c1-5-4-12(6(2)3-11-5)15(13,14)7(8,9)10/h5-6,11H,3-4H2,1-2H3. The van der Waals surface area contributed by atoms with E-state index in [0.29, 0.717) is 4.31 Å². The van der Waals surface area contributed by atoms with Gasteiger partial charge in [0.25, 0.3) is 0 Å². The van der Waals surface area contributed by atoms with Crippen LogP contribution in [0.25, 0.3) is 0 Å². The largest absolute Gasteiger partial charge is 0.511 e. The Labute approximate surface area is 86.5 Å². The van der Waals surface area contributed by atoms with Crippen molar-refractivity contribution in [2.45, 2.75) is 31.4 Å². The van der Waals surface area contributed by atoms with Crippen LogP contribution in [0.15, 0.2) is 0 Å². The molecule has 0 bridgehead atoms. The highest BCUT2D eigenvalue weighted by Crippen LogP contribution is 2.29. The van der Waals surface area contributed by atoms with Crippen molar-refractivity contribution in [3.63, 3.8) is 0 Å². The molecule has 1 saturated heterocycles. The van der Waals surface area contributed by atoms with E-state index in [9.17, 15) is 21.6 Å². The zero-order valence-corrected chi connectivity index (χ0v) is 9.19. The minimum absolute atomic E-state index is 0.150. The number of alkyl halides is 3. The second-order valence-electron chi connectivity index (χ2n) is 3.68. The Morgan fingerprint density at radius 3 is 2.33 bits per heavy atom. The van der Waals surface area contributed by atoms with Crippen LogP contribution >= 0.6 is 0 Å².